The Bertz CT molecular complexity index is 534. The topological polar surface area (TPSA) is 38.5 Å². The van der Waals surface area contributed by atoms with Gasteiger partial charge in [0.1, 0.15) is 12.4 Å². The van der Waals surface area contributed by atoms with E-state index in [9.17, 15) is 0 Å². The maximum absolute atomic E-state index is 5.85. The molecule has 4 heteroatoms. The summed E-state index contributed by atoms with van der Waals surface area (Å²) in [6.07, 6.45) is 2.66. The highest BCUT2D eigenvalue weighted by molar-refractivity contribution is 7.09. The molecule has 2 N–H and O–H groups in total. The van der Waals surface area contributed by atoms with Crippen molar-refractivity contribution in [2.24, 2.45) is 5.73 Å². The number of ether oxygens (including phenoxy) is 1. The molecule has 21 heavy (non-hydrogen) atoms. The molecule has 3 nitrogen and oxygen atoms in total. The molecule has 0 bridgehead atoms. The highest BCUT2D eigenvalue weighted by atomic mass is 32.1. The molecule has 3 rings (SSSR count). The van der Waals surface area contributed by atoms with Crippen LogP contribution >= 0.6 is 11.3 Å². The lowest BCUT2D eigenvalue weighted by Gasteiger charge is -2.21. The smallest absolute Gasteiger partial charge is 0.119 e. The highest BCUT2D eigenvalue weighted by Crippen LogP contribution is 2.28. The zero-order chi connectivity index (χ0) is 14.5. The van der Waals surface area contributed by atoms with E-state index in [1.54, 1.807) is 0 Å². The van der Waals surface area contributed by atoms with Crippen LogP contribution in [0.5, 0.6) is 5.75 Å². The molecule has 1 aliphatic carbocycles. The maximum Gasteiger partial charge on any atom is 0.119 e. The van der Waals surface area contributed by atoms with Gasteiger partial charge in [0.25, 0.3) is 0 Å². The van der Waals surface area contributed by atoms with Gasteiger partial charge in [-0.1, -0.05) is 18.2 Å². The second kappa shape index (κ2) is 7.07. The van der Waals surface area contributed by atoms with Crippen LogP contribution in [0.3, 0.4) is 0 Å². The highest BCUT2D eigenvalue weighted by Gasteiger charge is 2.28. The SMILES string of the molecule is NCc1ccc(OCCN(Cc2cccs2)C2CC2)cc1. The van der Waals surface area contributed by atoms with Gasteiger partial charge in [-0.15, -0.1) is 11.3 Å². The average Bonchev–Trinajstić information content (AvgIpc) is 3.24. The van der Waals surface area contributed by atoms with Crippen molar-refractivity contribution in [1.29, 1.82) is 0 Å². The number of rotatable bonds is 8. The van der Waals surface area contributed by atoms with Gasteiger partial charge >= 0.3 is 0 Å². The van der Waals surface area contributed by atoms with Crippen molar-refractivity contribution in [3.8, 4) is 5.75 Å². The van der Waals surface area contributed by atoms with E-state index < -0.39 is 0 Å². The standard InChI is InChI=1S/C17H22N2OS/c18-12-14-3-7-16(8-4-14)20-10-9-19(15-5-6-15)13-17-2-1-11-21-17/h1-4,7-8,11,15H,5-6,9-10,12-13,18H2. The molecular formula is C17H22N2OS. The lowest BCUT2D eigenvalue weighted by Crippen LogP contribution is -2.29. The van der Waals surface area contributed by atoms with Crippen LogP contribution in [0.4, 0.5) is 0 Å². The number of nitrogens with two attached hydrogens (primary N) is 1. The number of hydrogen-bond acceptors (Lipinski definition) is 4. The minimum Gasteiger partial charge on any atom is -0.492 e. The van der Waals surface area contributed by atoms with Gasteiger partial charge in [0.05, 0.1) is 0 Å². The van der Waals surface area contributed by atoms with Crippen LogP contribution in [0.2, 0.25) is 0 Å². The van der Waals surface area contributed by atoms with Gasteiger partial charge in [0.15, 0.2) is 0 Å². The van der Waals surface area contributed by atoms with Crippen LogP contribution in [0.15, 0.2) is 41.8 Å². The third-order valence-corrected chi connectivity index (χ3v) is 4.67. The molecule has 0 atom stereocenters. The molecule has 2 aromatic rings. The van der Waals surface area contributed by atoms with Gasteiger partial charge in [0, 0.05) is 30.6 Å². The van der Waals surface area contributed by atoms with E-state index in [4.69, 9.17) is 10.5 Å². The lowest BCUT2D eigenvalue weighted by molar-refractivity contribution is 0.196. The Morgan fingerprint density at radius 3 is 2.62 bits per heavy atom. The molecule has 1 fully saturated rings. The first-order chi connectivity index (χ1) is 10.3. The Hall–Kier alpha value is -1.36. The molecule has 1 aliphatic rings. The molecule has 0 unspecified atom stereocenters. The Labute approximate surface area is 130 Å². The quantitative estimate of drug-likeness (QED) is 0.813. The fourth-order valence-electron chi connectivity index (χ4n) is 2.44. The zero-order valence-electron chi connectivity index (χ0n) is 12.2. The third-order valence-electron chi connectivity index (χ3n) is 3.81. The molecule has 1 heterocycles. The van der Waals surface area contributed by atoms with Gasteiger partial charge in [-0.3, -0.25) is 4.90 Å². The molecule has 1 saturated carbocycles. The van der Waals surface area contributed by atoms with Crippen LogP contribution in [-0.2, 0) is 13.1 Å². The van der Waals surface area contributed by atoms with Crippen LogP contribution in [0.1, 0.15) is 23.3 Å². The molecule has 0 aliphatic heterocycles. The van der Waals surface area contributed by atoms with Crippen LogP contribution in [0, 0.1) is 0 Å². The average molecular weight is 302 g/mol. The van der Waals surface area contributed by atoms with Crippen molar-refractivity contribution >= 4 is 11.3 Å². The molecular weight excluding hydrogens is 280 g/mol. The summed E-state index contributed by atoms with van der Waals surface area (Å²) < 4.78 is 5.85. The van der Waals surface area contributed by atoms with Crippen LogP contribution < -0.4 is 10.5 Å². The van der Waals surface area contributed by atoms with Gasteiger partial charge in [-0.05, 0) is 42.0 Å². The first-order valence-electron chi connectivity index (χ1n) is 7.53. The molecule has 0 radical (unpaired) electrons. The Morgan fingerprint density at radius 2 is 2.00 bits per heavy atom. The van der Waals surface area contributed by atoms with Crippen LogP contribution in [0.25, 0.3) is 0 Å². The molecule has 0 amide bonds. The number of thiophene rings is 1. The van der Waals surface area contributed by atoms with E-state index in [-0.39, 0.29) is 0 Å². The summed E-state index contributed by atoms with van der Waals surface area (Å²) in [4.78, 5) is 3.98. The monoisotopic (exact) mass is 302 g/mol. The van der Waals surface area contributed by atoms with E-state index in [2.05, 4.69) is 22.4 Å². The normalized spacial score (nSPS) is 14.6. The summed E-state index contributed by atoms with van der Waals surface area (Å²) in [6.45, 7) is 3.36. The second-order valence-corrected chi connectivity index (χ2v) is 6.51. The number of hydrogen-bond donors (Lipinski definition) is 1. The minimum atomic E-state index is 0.580. The second-order valence-electron chi connectivity index (χ2n) is 5.48. The molecule has 0 spiro atoms. The van der Waals surface area contributed by atoms with Crippen molar-refractivity contribution in [1.82, 2.24) is 4.90 Å². The predicted octanol–water partition coefficient (Wildman–Crippen LogP) is 3.25. The summed E-state index contributed by atoms with van der Waals surface area (Å²) >= 11 is 1.84. The summed E-state index contributed by atoms with van der Waals surface area (Å²) in [6, 6.07) is 13.2. The lowest BCUT2D eigenvalue weighted by atomic mass is 10.2. The number of benzene rings is 1. The zero-order valence-corrected chi connectivity index (χ0v) is 13.0. The largest absolute Gasteiger partial charge is 0.492 e. The van der Waals surface area contributed by atoms with Gasteiger partial charge in [0.2, 0.25) is 0 Å². The molecule has 1 aromatic carbocycles. The first-order valence-corrected chi connectivity index (χ1v) is 8.41. The van der Waals surface area contributed by atoms with E-state index in [1.807, 2.05) is 35.6 Å². The molecule has 0 saturated heterocycles. The van der Waals surface area contributed by atoms with Gasteiger partial charge in [-0.25, -0.2) is 0 Å². The molecule has 112 valence electrons. The Balaban J connectivity index is 1.47. The van der Waals surface area contributed by atoms with E-state index in [0.717, 1.165) is 37.1 Å². The summed E-state index contributed by atoms with van der Waals surface area (Å²) in [5, 5.41) is 2.15. The predicted molar refractivity (Wildman–Crippen MR) is 87.6 cm³/mol. The summed E-state index contributed by atoms with van der Waals surface area (Å²) in [5.41, 5.74) is 6.74. The number of nitrogens with zero attached hydrogens (tertiary/aromatic N) is 1. The van der Waals surface area contributed by atoms with E-state index >= 15 is 0 Å². The fourth-order valence-corrected chi connectivity index (χ4v) is 3.17. The van der Waals surface area contributed by atoms with Gasteiger partial charge in [-0.2, -0.15) is 0 Å². The summed E-state index contributed by atoms with van der Waals surface area (Å²) in [5.74, 6) is 0.930. The van der Waals surface area contributed by atoms with E-state index in [0.29, 0.717) is 6.54 Å². The molecule has 1 aromatic heterocycles. The third kappa shape index (κ3) is 4.30. The fraction of sp³-hybridized carbons (Fsp3) is 0.412. The first kappa shape index (κ1) is 14.6. The van der Waals surface area contributed by atoms with E-state index in [1.165, 1.54) is 17.7 Å². The van der Waals surface area contributed by atoms with Crippen molar-refractivity contribution in [3.05, 3.63) is 52.2 Å². The van der Waals surface area contributed by atoms with Crippen molar-refractivity contribution in [2.45, 2.75) is 32.0 Å². The van der Waals surface area contributed by atoms with Gasteiger partial charge < -0.3 is 10.5 Å². The maximum atomic E-state index is 5.85. The Morgan fingerprint density at radius 1 is 1.19 bits per heavy atom. The van der Waals surface area contributed by atoms with Crippen molar-refractivity contribution in [2.75, 3.05) is 13.2 Å². The minimum absolute atomic E-state index is 0.580. The van der Waals surface area contributed by atoms with Crippen molar-refractivity contribution < 1.29 is 4.74 Å². The Kier molecular flexibility index (Phi) is 4.91. The van der Waals surface area contributed by atoms with Crippen molar-refractivity contribution in [3.63, 3.8) is 0 Å². The van der Waals surface area contributed by atoms with Crippen LogP contribution in [-0.4, -0.2) is 24.1 Å². The summed E-state index contributed by atoms with van der Waals surface area (Å²) in [7, 11) is 0.